The highest BCUT2D eigenvalue weighted by atomic mass is 16.5. The van der Waals surface area contributed by atoms with Gasteiger partial charge in [0.15, 0.2) is 0 Å². The van der Waals surface area contributed by atoms with E-state index in [-0.39, 0.29) is 17.3 Å². The number of nitrogens with zero attached hydrogens (tertiary/aromatic N) is 1. The van der Waals surface area contributed by atoms with Gasteiger partial charge in [-0.2, -0.15) is 0 Å². The second-order valence-electron chi connectivity index (χ2n) is 9.27. The predicted molar refractivity (Wildman–Crippen MR) is 141 cm³/mol. The molecule has 4 rings (SSSR count). The zero-order chi connectivity index (χ0) is 26.1. The molecule has 1 heterocycles. The monoisotopic (exact) mass is 485 g/mol. The van der Waals surface area contributed by atoms with E-state index in [4.69, 9.17) is 9.47 Å². The molecule has 0 spiro atoms. The average Bonchev–Trinajstić information content (AvgIpc) is 3.14. The van der Waals surface area contributed by atoms with Gasteiger partial charge in [0.05, 0.1) is 25.8 Å². The smallest absolute Gasteiger partial charge is 0.300 e. The number of Topliss-reactive ketones (excluding diaryl/α,β-unsaturated/α-hetero) is 1. The fourth-order valence-electron chi connectivity index (χ4n) is 4.67. The molecule has 3 aromatic rings. The van der Waals surface area contributed by atoms with Gasteiger partial charge < -0.3 is 14.6 Å². The van der Waals surface area contributed by atoms with E-state index in [1.165, 1.54) is 4.90 Å². The minimum atomic E-state index is -0.805. The van der Waals surface area contributed by atoms with Crippen molar-refractivity contribution in [1.82, 2.24) is 0 Å². The molecule has 3 aromatic carbocycles. The van der Waals surface area contributed by atoms with Crippen molar-refractivity contribution in [3.05, 3.63) is 94.1 Å². The van der Waals surface area contributed by atoms with Crippen LogP contribution in [0.15, 0.2) is 66.2 Å². The van der Waals surface area contributed by atoms with E-state index in [9.17, 15) is 14.7 Å². The Morgan fingerprint density at radius 1 is 0.944 bits per heavy atom. The maximum Gasteiger partial charge on any atom is 0.300 e. The van der Waals surface area contributed by atoms with Crippen LogP contribution >= 0.6 is 0 Å². The molecule has 186 valence electrons. The van der Waals surface area contributed by atoms with Crippen LogP contribution in [0.2, 0.25) is 0 Å². The van der Waals surface area contributed by atoms with E-state index in [1.54, 1.807) is 38.5 Å². The average molecular weight is 486 g/mol. The largest absolute Gasteiger partial charge is 0.507 e. The third-order valence-electron chi connectivity index (χ3n) is 6.84. The van der Waals surface area contributed by atoms with Crippen molar-refractivity contribution in [3.63, 3.8) is 0 Å². The number of carbonyl (C=O) groups is 2. The zero-order valence-corrected chi connectivity index (χ0v) is 21.5. The lowest BCUT2D eigenvalue weighted by atomic mass is 9.93. The van der Waals surface area contributed by atoms with Crippen LogP contribution in [0.4, 0.5) is 5.69 Å². The lowest BCUT2D eigenvalue weighted by Gasteiger charge is -2.27. The fourth-order valence-corrected chi connectivity index (χ4v) is 4.67. The zero-order valence-electron chi connectivity index (χ0n) is 21.5. The molecule has 36 heavy (non-hydrogen) atoms. The second kappa shape index (κ2) is 9.90. The van der Waals surface area contributed by atoms with Crippen LogP contribution in [-0.4, -0.2) is 31.0 Å². The van der Waals surface area contributed by atoms with Crippen LogP contribution in [0.3, 0.4) is 0 Å². The number of aliphatic hydroxyl groups excluding tert-OH is 1. The van der Waals surface area contributed by atoms with Crippen molar-refractivity contribution in [3.8, 4) is 11.5 Å². The first kappa shape index (κ1) is 25.0. The van der Waals surface area contributed by atoms with E-state index < -0.39 is 17.7 Å². The number of aliphatic hydroxyl groups is 1. The summed E-state index contributed by atoms with van der Waals surface area (Å²) < 4.78 is 10.8. The lowest BCUT2D eigenvalue weighted by molar-refractivity contribution is -0.132. The first-order chi connectivity index (χ1) is 17.2. The number of aryl methyl sites for hydroxylation is 1. The highest BCUT2D eigenvalue weighted by Gasteiger charge is 2.47. The maximum absolute atomic E-state index is 13.5. The normalized spacial score (nSPS) is 17.1. The molecule has 1 atom stereocenters. The van der Waals surface area contributed by atoms with Crippen LogP contribution in [0.25, 0.3) is 5.76 Å². The minimum Gasteiger partial charge on any atom is -0.507 e. The molecule has 6 nitrogen and oxygen atoms in total. The molecule has 0 bridgehead atoms. The number of hydrogen-bond donors (Lipinski definition) is 1. The van der Waals surface area contributed by atoms with Gasteiger partial charge in [0.25, 0.3) is 11.7 Å². The van der Waals surface area contributed by atoms with E-state index in [1.807, 2.05) is 64.1 Å². The Kier molecular flexibility index (Phi) is 6.88. The molecular formula is C30H31NO5. The van der Waals surface area contributed by atoms with Crippen LogP contribution < -0.4 is 14.4 Å². The highest BCUT2D eigenvalue weighted by molar-refractivity contribution is 6.51. The molecule has 1 N–H and O–H groups in total. The van der Waals surface area contributed by atoms with Gasteiger partial charge in [0, 0.05) is 11.3 Å². The Balaban J connectivity index is 1.97. The minimum absolute atomic E-state index is 0.0472. The van der Waals surface area contributed by atoms with E-state index in [0.29, 0.717) is 28.3 Å². The van der Waals surface area contributed by atoms with E-state index in [0.717, 1.165) is 16.7 Å². The summed E-state index contributed by atoms with van der Waals surface area (Å²) >= 11 is 0. The number of ketones is 1. The van der Waals surface area contributed by atoms with Gasteiger partial charge in [0.2, 0.25) is 0 Å². The Bertz CT molecular complexity index is 1350. The number of amides is 1. The summed E-state index contributed by atoms with van der Waals surface area (Å²) in [5.41, 5.74) is 4.61. The summed E-state index contributed by atoms with van der Waals surface area (Å²) in [6.45, 7) is 7.94. The standard InChI is InChI=1S/C30H31NO5/c1-17(2)23-16-21(12-15-25(23)36-6)28(32)26-27(20-10-13-22(35-5)14-11-20)31(30(34)29(26)33)24-9-7-8-18(3)19(24)4/h7-17,27,32H,1-6H3/b28-26+. The number of rotatable bonds is 6. The Morgan fingerprint density at radius 2 is 1.64 bits per heavy atom. The summed E-state index contributed by atoms with van der Waals surface area (Å²) in [7, 11) is 3.17. The van der Waals surface area contributed by atoms with Gasteiger partial charge in [0.1, 0.15) is 17.3 Å². The number of anilines is 1. The van der Waals surface area contributed by atoms with Crippen molar-refractivity contribution < 1.29 is 24.2 Å². The second-order valence-corrected chi connectivity index (χ2v) is 9.27. The molecule has 1 amide bonds. The molecule has 1 aliphatic rings. The quantitative estimate of drug-likeness (QED) is 0.261. The van der Waals surface area contributed by atoms with Crippen molar-refractivity contribution >= 4 is 23.1 Å². The molecule has 1 saturated heterocycles. The predicted octanol–water partition coefficient (Wildman–Crippen LogP) is 6.07. The fraction of sp³-hybridized carbons (Fsp3) is 0.267. The van der Waals surface area contributed by atoms with Crippen LogP contribution in [0.5, 0.6) is 11.5 Å². The molecule has 0 radical (unpaired) electrons. The van der Waals surface area contributed by atoms with Crippen LogP contribution in [0.1, 0.15) is 53.6 Å². The number of benzene rings is 3. The van der Waals surface area contributed by atoms with Gasteiger partial charge >= 0.3 is 0 Å². The van der Waals surface area contributed by atoms with Crippen molar-refractivity contribution in [1.29, 1.82) is 0 Å². The summed E-state index contributed by atoms with van der Waals surface area (Å²) in [6, 6.07) is 17.3. The Morgan fingerprint density at radius 3 is 2.25 bits per heavy atom. The molecule has 6 heteroatoms. The first-order valence-corrected chi connectivity index (χ1v) is 11.9. The van der Waals surface area contributed by atoms with E-state index in [2.05, 4.69) is 0 Å². The molecule has 1 unspecified atom stereocenters. The third kappa shape index (κ3) is 4.24. The van der Waals surface area contributed by atoms with Crippen molar-refractivity contribution in [2.24, 2.45) is 0 Å². The Hall–Kier alpha value is -4.06. The van der Waals surface area contributed by atoms with Gasteiger partial charge in [-0.15, -0.1) is 0 Å². The molecule has 1 aliphatic heterocycles. The molecule has 0 aromatic heterocycles. The molecule has 0 saturated carbocycles. The summed E-state index contributed by atoms with van der Waals surface area (Å²) in [4.78, 5) is 28.5. The van der Waals surface area contributed by atoms with Gasteiger partial charge in [-0.05, 0) is 78.4 Å². The number of methoxy groups -OCH3 is 2. The van der Waals surface area contributed by atoms with Crippen LogP contribution in [-0.2, 0) is 9.59 Å². The summed E-state index contributed by atoms with van der Waals surface area (Å²) in [5, 5.41) is 11.5. The molecule has 0 aliphatic carbocycles. The molecular weight excluding hydrogens is 454 g/mol. The topological polar surface area (TPSA) is 76.1 Å². The number of carbonyl (C=O) groups excluding carboxylic acids is 2. The van der Waals surface area contributed by atoms with E-state index >= 15 is 0 Å². The van der Waals surface area contributed by atoms with Gasteiger partial charge in [-0.1, -0.05) is 38.1 Å². The van der Waals surface area contributed by atoms with Crippen LogP contribution in [0, 0.1) is 13.8 Å². The first-order valence-electron chi connectivity index (χ1n) is 11.9. The van der Waals surface area contributed by atoms with Gasteiger partial charge in [-0.25, -0.2) is 0 Å². The summed E-state index contributed by atoms with van der Waals surface area (Å²) in [5.74, 6) is -0.142. The number of hydrogen-bond acceptors (Lipinski definition) is 5. The number of ether oxygens (including phenoxy) is 2. The summed E-state index contributed by atoms with van der Waals surface area (Å²) in [6.07, 6.45) is 0. The molecule has 1 fully saturated rings. The lowest BCUT2D eigenvalue weighted by Crippen LogP contribution is -2.30. The van der Waals surface area contributed by atoms with Gasteiger partial charge in [-0.3, -0.25) is 14.5 Å². The third-order valence-corrected chi connectivity index (χ3v) is 6.84. The highest BCUT2D eigenvalue weighted by Crippen LogP contribution is 2.44. The van der Waals surface area contributed by atoms with Crippen molar-refractivity contribution in [2.75, 3.05) is 19.1 Å². The maximum atomic E-state index is 13.5. The van der Waals surface area contributed by atoms with Crippen molar-refractivity contribution in [2.45, 2.75) is 39.7 Å². The SMILES string of the molecule is COc1ccc(C2/C(=C(\O)c3ccc(OC)c(C(C)C)c3)C(=O)C(=O)N2c2cccc(C)c2C)cc1. The Labute approximate surface area is 211 Å².